The van der Waals surface area contributed by atoms with Crippen LogP contribution in [0.2, 0.25) is 0 Å². The van der Waals surface area contributed by atoms with E-state index in [1.807, 2.05) is 90.0 Å². The molecule has 12 aromatic rings. The van der Waals surface area contributed by atoms with Crippen LogP contribution < -0.4 is 25.6 Å². The standard InChI is InChI=1S/C64H50N6OSi/c1-63-36-15-16-37-64(63,2)70(57-35-38-65-42-54(57)63)62-67-60(43-19-17-21-45(39-43)69-55-30-12-9-27-50(55)51-28-10-13-31-56(51)69)66-61(68-62)44-20-18-26-48(40-44)72(46-22-5-3-6-23-46,47-24-7-4-8-25-47)49-33-34-59-53(41-49)52-29-11-14-32-58(52)71-59/h3-14,17-35,38-42H,15-16,36-37H2,1-2H3/i9D,10D,11D,12D,13D,14D,17D,19D,21D,27D,28D,29D,30D,31D,32D,33D,34D,39D,41D. The van der Waals surface area contributed by atoms with Gasteiger partial charge in [0.2, 0.25) is 5.95 Å². The van der Waals surface area contributed by atoms with Crippen LogP contribution in [0.5, 0.6) is 0 Å². The molecule has 0 amide bonds. The zero-order chi connectivity index (χ0) is 64.6. The second-order valence-electron chi connectivity index (χ2n) is 18.7. The van der Waals surface area contributed by atoms with Crippen molar-refractivity contribution >= 4 is 84.2 Å². The van der Waals surface area contributed by atoms with E-state index in [0.717, 1.165) is 35.1 Å². The van der Waals surface area contributed by atoms with Crippen LogP contribution in [-0.4, -0.2) is 38.1 Å². The van der Waals surface area contributed by atoms with Gasteiger partial charge in [-0.3, -0.25) is 4.98 Å². The maximum Gasteiger partial charge on any atom is 0.234 e. The minimum absolute atomic E-state index is 0.0398. The van der Waals surface area contributed by atoms with Crippen molar-refractivity contribution in [3.05, 3.63) is 224 Å². The zero-order valence-electron chi connectivity index (χ0n) is 57.7. The Hall–Kier alpha value is -8.46. The van der Waals surface area contributed by atoms with Gasteiger partial charge in [-0.05, 0) is 82.8 Å². The molecule has 0 N–H and O–H groups in total. The van der Waals surface area contributed by atoms with Gasteiger partial charge in [0.1, 0.15) is 11.2 Å². The summed E-state index contributed by atoms with van der Waals surface area (Å²) in [5.41, 5.74) is -1.66. The van der Waals surface area contributed by atoms with Gasteiger partial charge in [-0.2, -0.15) is 9.97 Å². The lowest BCUT2D eigenvalue weighted by Crippen LogP contribution is -2.74. The van der Waals surface area contributed by atoms with E-state index < -0.39 is 144 Å². The highest BCUT2D eigenvalue weighted by Gasteiger charge is 2.58. The molecular weight excluding hydrogens is 897 g/mol. The van der Waals surface area contributed by atoms with Crippen molar-refractivity contribution < 1.29 is 30.5 Å². The largest absolute Gasteiger partial charge is 0.456 e. The van der Waals surface area contributed by atoms with Crippen LogP contribution in [0.25, 0.3) is 72.2 Å². The van der Waals surface area contributed by atoms with E-state index >= 15 is 0 Å². The van der Waals surface area contributed by atoms with Crippen molar-refractivity contribution in [3.63, 3.8) is 0 Å². The maximum absolute atomic E-state index is 10.4. The van der Waals surface area contributed by atoms with Crippen molar-refractivity contribution in [2.24, 2.45) is 0 Å². The minimum Gasteiger partial charge on any atom is -0.456 e. The number of aromatic nitrogens is 5. The molecule has 1 fully saturated rings. The first-order valence-corrected chi connectivity index (χ1v) is 25.6. The number of hydrogen-bond donors (Lipinski definition) is 0. The van der Waals surface area contributed by atoms with E-state index in [1.54, 1.807) is 18.3 Å². The van der Waals surface area contributed by atoms with Crippen LogP contribution >= 0.6 is 0 Å². The van der Waals surface area contributed by atoms with E-state index in [2.05, 4.69) is 18.8 Å². The van der Waals surface area contributed by atoms with Crippen molar-refractivity contribution in [1.82, 2.24) is 24.5 Å². The normalized spacial score (nSPS) is 21.4. The Morgan fingerprint density at radius 1 is 0.556 bits per heavy atom. The molecule has 7 nitrogen and oxygen atoms in total. The summed E-state index contributed by atoms with van der Waals surface area (Å²) in [5, 5.41) is 1.11. The molecule has 0 saturated heterocycles. The Bertz CT molecular complexity index is 5090. The summed E-state index contributed by atoms with van der Waals surface area (Å²) in [7, 11) is -4.21. The number of para-hydroxylation sites is 3. The van der Waals surface area contributed by atoms with Gasteiger partial charge < -0.3 is 13.9 Å². The van der Waals surface area contributed by atoms with E-state index in [-0.39, 0.29) is 67.6 Å². The third kappa shape index (κ3) is 6.21. The number of nitrogens with zero attached hydrogens (tertiary/aromatic N) is 6. The molecule has 14 rings (SSSR count). The van der Waals surface area contributed by atoms with E-state index in [4.69, 9.17) is 33.1 Å². The van der Waals surface area contributed by atoms with Crippen LogP contribution in [0, 0.1) is 0 Å². The SMILES string of the molecule is [2H]c1c([2H])c(-c2nc(-c3cccc([Si](c4ccccc4)(c4ccccc4)c4c([2H])c([2H])c5oc6c([2H])c([2H])c([2H])c([2H])c6c5c4[2H])c3)nc(N3c4ccncc4C4(C)CCCCC34C)n2)c([2H])c(-n2c3c([2H])c([2H])c([2H])c([2H])c3c3c([2H])c([2H])c([2H])c([2H])c32)c1[2H]. The van der Waals surface area contributed by atoms with E-state index in [9.17, 15) is 12.3 Å². The van der Waals surface area contributed by atoms with Crippen LogP contribution in [0.1, 0.15) is 71.1 Å². The monoisotopic (exact) mass is 966 g/mol. The molecule has 2 atom stereocenters. The summed E-state index contributed by atoms with van der Waals surface area (Å²) in [6.45, 7) is 4.29. The second kappa shape index (κ2) is 16.3. The molecule has 2 aliphatic rings. The molecular formula is C64H50N6OSi. The number of rotatable bonds is 8. The molecule has 1 aliphatic carbocycles. The topological polar surface area (TPSA) is 72.9 Å². The average molecular weight is 966 g/mol. The van der Waals surface area contributed by atoms with Crippen molar-refractivity contribution in [1.29, 1.82) is 0 Å². The van der Waals surface area contributed by atoms with Crippen molar-refractivity contribution in [2.45, 2.75) is 50.5 Å². The summed E-state index contributed by atoms with van der Waals surface area (Å²) in [4.78, 5) is 22.2. The first kappa shape index (κ1) is 27.2. The van der Waals surface area contributed by atoms with Crippen molar-refractivity contribution in [2.75, 3.05) is 4.90 Å². The molecule has 2 unspecified atom stereocenters. The molecule has 72 heavy (non-hydrogen) atoms. The lowest BCUT2D eigenvalue weighted by Gasteiger charge is -2.49. The Morgan fingerprint density at radius 3 is 1.96 bits per heavy atom. The smallest absolute Gasteiger partial charge is 0.234 e. The third-order valence-corrected chi connectivity index (χ3v) is 19.6. The molecule has 0 radical (unpaired) electrons. The van der Waals surface area contributed by atoms with Crippen LogP contribution in [0.4, 0.5) is 11.6 Å². The summed E-state index contributed by atoms with van der Waals surface area (Å²) in [6, 6.07) is 15.6. The average Bonchev–Trinajstić information content (AvgIpc) is 1.46. The highest BCUT2D eigenvalue weighted by molar-refractivity contribution is 7.20. The fourth-order valence-electron chi connectivity index (χ4n) is 11.5. The second-order valence-corrected chi connectivity index (χ2v) is 22.4. The predicted octanol–water partition coefficient (Wildman–Crippen LogP) is 12.7. The summed E-state index contributed by atoms with van der Waals surface area (Å²) >= 11 is 0. The molecule has 0 spiro atoms. The Morgan fingerprint density at radius 2 is 1.21 bits per heavy atom. The molecule has 5 heterocycles. The summed E-state index contributed by atoms with van der Waals surface area (Å²) < 4.78 is 183. The lowest BCUT2D eigenvalue weighted by atomic mass is 9.62. The van der Waals surface area contributed by atoms with E-state index in [0.29, 0.717) is 27.5 Å². The van der Waals surface area contributed by atoms with Crippen LogP contribution in [0.3, 0.4) is 0 Å². The fraction of sp³-hybridized carbons (Fsp3) is 0.125. The molecule has 0 bridgehead atoms. The van der Waals surface area contributed by atoms with Gasteiger partial charge >= 0.3 is 0 Å². The van der Waals surface area contributed by atoms with Crippen LogP contribution in [0.15, 0.2) is 223 Å². The first-order valence-electron chi connectivity index (χ1n) is 33.1. The molecule has 8 heteroatoms. The number of benzene rings is 8. The number of pyridine rings is 1. The highest BCUT2D eigenvalue weighted by Crippen LogP contribution is 2.60. The zero-order valence-corrected chi connectivity index (χ0v) is 39.7. The molecule has 4 aromatic heterocycles. The summed E-state index contributed by atoms with van der Waals surface area (Å²) in [5.74, 6) is -0.340. The molecule has 8 aromatic carbocycles. The summed E-state index contributed by atoms with van der Waals surface area (Å²) in [6.07, 6.45) is 6.63. The van der Waals surface area contributed by atoms with Crippen molar-refractivity contribution in [3.8, 4) is 28.5 Å². The van der Waals surface area contributed by atoms with Crippen LogP contribution in [-0.2, 0) is 5.41 Å². The van der Waals surface area contributed by atoms with Gasteiger partial charge in [-0.1, -0.05) is 183 Å². The van der Waals surface area contributed by atoms with Gasteiger partial charge in [-0.15, -0.1) is 0 Å². The molecule has 346 valence electrons. The highest BCUT2D eigenvalue weighted by atomic mass is 28.3. The van der Waals surface area contributed by atoms with Gasteiger partial charge in [0.05, 0.1) is 48.3 Å². The first-order chi connectivity index (χ1) is 43.3. The Labute approximate surface area is 445 Å². The maximum atomic E-state index is 10.4. The molecule has 1 saturated carbocycles. The lowest BCUT2D eigenvalue weighted by molar-refractivity contribution is 0.193. The van der Waals surface area contributed by atoms with Gasteiger partial charge in [0.15, 0.2) is 19.7 Å². The fourth-order valence-corrected chi connectivity index (χ4v) is 16.0. The molecule has 1 aliphatic heterocycles. The Balaban J connectivity index is 1.10. The van der Waals surface area contributed by atoms with E-state index in [1.165, 1.54) is 0 Å². The minimum atomic E-state index is -4.21. The quantitative estimate of drug-likeness (QED) is 0.112. The number of furan rings is 1. The predicted molar refractivity (Wildman–Crippen MR) is 297 cm³/mol. The van der Waals surface area contributed by atoms with Gasteiger partial charge in [0, 0.05) is 61.7 Å². The number of hydrogen-bond acceptors (Lipinski definition) is 6. The van der Waals surface area contributed by atoms with Gasteiger partial charge in [0.25, 0.3) is 0 Å². The Kier molecular flexibility index (Phi) is 6.16. The number of fused-ring (bicyclic) bond motifs is 9. The third-order valence-electron chi connectivity index (χ3n) is 15.0. The van der Waals surface area contributed by atoms with Gasteiger partial charge in [-0.25, -0.2) is 4.98 Å². The number of anilines is 2.